The molecule has 1 atom stereocenters. The maximum atomic E-state index is 13.6. The second-order valence-electron chi connectivity index (χ2n) is 5.62. The SMILES string of the molecule is C[C@H](NS(=O)(=O)c1ccccc1F)C(=O)OCC(=O)Nc1ccc(C#N)cc1. The van der Waals surface area contributed by atoms with Gasteiger partial charge in [0.1, 0.15) is 16.8 Å². The quantitative estimate of drug-likeness (QED) is 0.673. The van der Waals surface area contributed by atoms with Crippen molar-refractivity contribution >= 4 is 27.6 Å². The summed E-state index contributed by atoms with van der Waals surface area (Å²) in [6.07, 6.45) is 0. The summed E-state index contributed by atoms with van der Waals surface area (Å²) in [6.45, 7) is 0.559. The van der Waals surface area contributed by atoms with Crippen LogP contribution in [0.25, 0.3) is 0 Å². The molecule has 0 heterocycles. The Labute approximate surface area is 161 Å². The monoisotopic (exact) mass is 405 g/mol. The standard InChI is InChI=1S/C18H16FN3O5S/c1-12(22-28(25,26)16-5-3-2-4-15(16)19)18(24)27-11-17(23)21-14-8-6-13(10-20)7-9-14/h2-9,12,22H,11H2,1H3,(H,21,23)/t12-/m0/s1. The smallest absolute Gasteiger partial charge is 0.324 e. The van der Waals surface area contributed by atoms with Gasteiger partial charge in [-0.2, -0.15) is 9.98 Å². The van der Waals surface area contributed by atoms with Gasteiger partial charge in [-0.15, -0.1) is 0 Å². The molecule has 146 valence electrons. The molecule has 0 aromatic heterocycles. The minimum Gasteiger partial charge on any atom is -0.454 e. The summed E-state index contributed by atoms with van der Waals surface area (Å²) < 4.78 is 44.7. The summed E-state index contributed by atoms with van der Waals surface area (Å²) in [4.78, 5) is 23.1. The maximum absolute atomic E-state index is 13.6. The molecule has 0 unspecified atom stereocenters. The van der Waals surface area contributed by atoms with Crippen molar-refractivity contribution in [1.82, 2.24) is 4.72 Å². The lowest BCUT2D eigenvalue weighted by Gasteiger charge is -2.14. The van der Waals surface area contributed by atoms with E-state index in [1.54, 1.807) is 0 Å². The molecular weight excluding hydrogens is 389 g/mol. The lowest BCUT2D eigenvalue weighted by atomic mass is 10.2. The molecule has 2 aromatic rings. The van der Waals surface area contributed by atoms with Crippen LogP contribution in [-0.4, -0.2) is 32.9 Å². The van der Waals surface area contributed by atoms with Crippen molar-refractivity contribution in [1.29, 1.82) is 5.26 Å². The first-order valence-corrected chi connectivity index (χ1v) is 9.45. The topological polar surface area (TPSA) is 125 Å². The van der Waals surface area contributed by atoms with Crippen molar-refractivity contribution < 1.29 is 27.1 Å². The van der Waals surface area contributed by atoms with E-state index in [-0.39, 0.29) is 0 Å². The molecule has 0 saturated heterocycles. The summed E-state index contributed by atoms with van der Waals surface area (Å²) >= 11 is 0. The molecular formula is C18H16FN3O5S. The average Bonchev–Trinajstić information content (AvgIpc) is 2.66. The van der Waals surface area contributed by atoms with E-state index in [0.717, 1.165) is 12.1 Å². The number of nitrogens with zero attached hydrogens (tertiary/aromatic N) is 1. The van der Waals surface area contributed by atoms with Gasteiger partial charge in [0.25, 0.3) is 5.91 Å². The van der Waals surface area contributed by atoms with Crippen molar-refractivity contribution in [3.8, 4) is 6.07 Å². The minimum atomic E-state index is -4.28. The Bertz CT molecular complexity index is 1020. The highest BCUT2D eigenvalue weighted by atomic mass is 32.2. The number of benzene rings is 2. The molecule has 28 heavy (non-hydrogen) atoms. The van der Waals surface area contributed by atoms with Gasteiger partial charge in [0.15, 0.2) is 6.61 Å². The van der Waals surface area contributed by atoms with Crippen molar-refractivity contribution in [2.24, 2.45) is 0 Å². The number of nitriles is 1. The third kappa shape index (κ3) is 5.60. The zero-order chi connectivity index (χ0) is 20.7. The van der Waals surface area contributed by atoms with Gasteiger partial charge >= 0.3 is 5.97 Å². The first-order chi connectivity index (χ1) is 13.2. The fourth-order valence-electron chi connectivity index (χ4n) is 2.09. The Morgan fingerprint density at radius 3 is 2.43 bits per heavy atom. The number of nitrogens with one attached hydrogen (secondary N) is 2. The molecule has 0 fully saturated rings. The van der Waals surface area contributed by atoms with Gasteiger partial charge in [-0.3, -0.25) is 9.59 Å². The van der Waals surface area contributed by atoms with Crippen LogP contribution in [0.15, 0.2) is 53.4 Å². The van der Waals surface area contributed by atoms with Gasteiger partial charge < -0.3 is 10.1 Å². The van der Waals surface area contributed by atoms with E-state index in [0.29, 0.717) is 11.3 Å². The predicted octanol–water partition coefficient (Wildman–Crippen LogP) is 1.55. The first kappa shape index (κ1) is 21.0. The van der Waals surface area contributed by atoms with Gasteiger partial charge in [-0.05, 0) is 43.3 Å². The van der Waals surface area contributed by atoms with Gasteiger partial charge in [-0.1, -0.05) is 12.1 Å². The van der Waals surface area contributed by atoms with E-state index in [1.807, 2.05) is 10.8 Å². The predicted molar refractivity (Wildman–Crippen MR) is 96.9 cm³/mol. The van der Waals surface area contributed by atoms with Gasteiger partial charge in [-0.25, -0.2) is 12.8 Å². The van der Waals surface area contributed by atoms with Crippen LogP contribution >= 0.6 is 0 Å². The number of hydrogen-bond acceptors (Lipinski definition) is 6. The summed E-state index contributed by atoms with van der Waals surface area (Å²) in [5.41, 5.74) is 0.814. The van der Waals surface area contributed by atoms with Crippen molar-refractivity contribution in [3.63, 3.8) is 0 Å². The van der Waals surface area contributed by atoms with Crippen LogP contribution in [0.4, 0.5) is 10.1 Å². The highest BCUT2D eigenvalue weighted by Gasteiger charge is 2.25. The maximum Gasteiger partial charge on any atom is 0.324 e. The number of carbonyl (C=O) groups is 2. The minimum absolute atomic E-state index is 0.397. The third-order valence-corrected chi connectivity index (χ3v) is 5.03. The number of sulfonamides is 1. The molecule has 8 nitrogen and oxygen atoms in total. The molecule has 2 N–H and O–H groups in total. The summed E-state index contributed by atoms with van der Waals surface area (Å²) in [6, 6.07) is 11.3. The normalized spacial score (nSPS) is 11.9. The fraction of sp³-hybridized carbons (Fsp3) is 0.167. The molecule has 10 heteroatoms. The molecule has 0 saturated carbocycles. The zero-order valence-corrected chi connectivity index (χ0v) is 15.5. The Morgan fingerprint density at radius 2 is 1.82 bits per heavy atom. The molecule has 1 amide bonds. The highest BCUT2D eigenvalue weighted by molar-refractivity contribution is 7.89. The van der Waals surface area contributed by atoms with Gasteiger partial charge in [0.05, 0.1) is 11.6 Å². The number of esters is 1. The van der Waals surface area contributed by atoms with E-state index in [4.69, 9.17) is 10.00 Å². The Hall–Kier alpha value is -3.29. The Balaban J connectivity index is 1.89. The largest absolute Gasteiger partial charge is 0.454 e. The van der Waals surface area contributed by atoms with E-state index in [2.05, 4.69) is 5.32 Å². The summed E-state index contributed by atoms with van der Waals surface area (Å²) in [5, 5.41) is 11.2. The van der Waals surface area contributed by atoms with Crippen molar-refractivity contribution in [3.05, 3.63) is 59.9 Å². The number of halogens is 1. The number of rotatable bonds is 7. The van der Waals surface area contributed by atoms with Gasteiger partial charge in [0.2, 0.25) is 10.0 Å². The van der Waals surface area contributed by atoms with Crippen LogP contribution in [0.2, 0.25) is 0 Å². The number of ether oxygens (including phenoxy) is 1. The lowest BCUT2D eigenvalue weighted by Crippen LogP contribution is -2.40. The number of carbonyl (C=O) groups excluding carboxylic acids is 2. The second kappa shape index (κ2) is 9.07. The number of anilines is 1. The number of hydrogen-bond donors (Lipinski definition) is 2. The van der Waals surface area contributed by atoms with Crippen LogP contribution in [0.5, 0.6) is 0 Å². The molecule has 0 radical (unpaired) electrons. The Kier molecular flexibility index (Phi) is 6.81. The Morgan fingerprint density at radius 1 is 1.18 bits per heavy atom. The van der Waals surface area contributed by atoms with E-state index < -0.39 is 45.3 Å². The molecule has 0 aliphatic carbocycles. The summed E-state index contributed by atoms with van der Waals surface area (Å²) in [7, 11) is -4.28. The molecule has 2 aromatic carbocycles. The average molecular weight is 405 g/mol. The molecule has 0 aliphatic rings. The number of amides is 1. The summed E-state index contributed by atoms with van der Waals surface area (Å²) in [5.74, 6) is -2.62. The third-order valence-electron chi connectivity index (χ3n) is 3.45. The molecule has 0 bridgehead atoms. The van der Waals surface area contributed by atoms with Crippen LogP contribution in [0, 0.1) is 17.1 Å². The second-order valence-corrected chi connectivity index (χ2v) is 7.30. The van der Waals surface area contributed by atoms with Crippen molar-refractivity contribution in [2.45, 2.75) is 17.9 Å². The lowest BCUT2D eigenvalue weighted by molar-refractivity contribution is -0.148. The van der Waals surface area contributed by atoms with E-state index in [1.165, 1.54) is 43.3 Å². The first-order valence-electron chi connectivity index (χ1n) is 7.96. The van der Waals surface area contributed by atoms with Crippen LogP contribution in [0.1, 0.15) is 12.5 Å². The van der Waals surface area contributed by atoms with Crippen molar-refractivity contribution in [2.75, 3.05) is 11.9 Å². The van der Waals surface area contributed by atoms with E-state index in [9.17, 15) is 22.4 Å². The van der Waals surface area contributed by atoms with Gasteiger partial charge in [0, 0.05) is 5.69 Å². The van der Waals surface area contributed by atoms with E-state index >= 15 is 0 Å². The van der Waals surface area contributed by atoms with Crippen LogP contribution < -0.4 is 10.0 Å². The van der Waals surface area contributed by atoms with Crippen LogP contribution in [-0.2, 0) is 24.3 Å². The molecule has 0 aliphatic heterocycles. The highest BCUT2D eigenvalue weighted by Crippen LogP contribution is 2.14. The fourth-order valence-corrected chi connectivity index (χ4v) is 3.36. The zero-order valence-electron chi connectivity index (χ0n) is 14.7. The molecule has 0 spiro atoms. The van der Waals surface area contributed by atoms with Crippen LogP contribution in [0.3, 0.4) is 0 Å². The molecule has 2 rings (SSSR count).